The summed E-state index contributed by atoms with van der Waals surface area (Å²) < 4.78 is 0. The van der Waals surface area contributed by atoms with Gasteiger partial charge in [0.05, 0.1) is 22.9 Å². The van der Waals surface area contributed by atoms with Crippen LogP contribution >= 0.6 is 11.8 Å². The van der Waals surface area contributed by atoms with Crippen LogP contribution in [0.15, 0.2) is 76.9 Å². The highest BCUT2D eigenvalue weighted by atomic mass is 32.2. The van der Waals surface area contributed by atoms with E-state index in [-0.39, 0.29) is 16.8 Å². The van der Waals surface area contributed by atoms with Gasteiger partial charge in [0.15, 0.2) is 5.17 Å². The van der Waals surface area contributed by atoms with Gasteiger partial charge in [0.1, 0.15) is 0 Å². The number of thioether (sulfide) groups is 1. The number of carbonyl (C=O) groups is 1. The minimum absolute atomic E-state index is 0.00866. The van der Waals surface area contributed by atoms with Crippen molar-refractivity contribution < 1.29 is 9.72 Å². The SMILES string of the molecule is CC[C@H]1S/C(=N/N=C\c2cccc([N+](=O)[O-])c2)N(Cc2cccc3ccccc23)C1=O. The molecule has 0 aromatic heterocycles. The van der Waals surface area contributed by atoms with Gasteiger partial charge in [0.2, 0.25) is 5.91 Å². The minimum atomic E-state index is -0.452. The maximum Gasteiger partial charge on any atom is 0.270 e. The number of amides is 1. The van der Waals surface area contributed by atoms with Crippen LogP contribution in [0.3, 0.4) is 0 Å². The lowest BCUT2D eigenvalue weighted by Crippen LogP contribution is -2.31. The molecule has 0 aliphatic carbocycles. The van der Waals surface area contributed by atoms with Crippen LogP contribution in [0.5, 0.6) is 0 Å². The van der Waals surface area contributed by atoms with E-state index in [9.17, 15) is 14.9 Å². The highest BCUT2D eigenvalue weighted by Gasteiger charge is 2.37. The van der Waals surface area contributed by atoms with Gasteiger partial charge < -0.3 is 0 Å². The molecule has 1 heterocycles. The number of hydrogen-bond donors (Lipinski definition) is 0. The Morgan fingerprint density at radius 2 is 1.90 bits per heavy atom. The maximum atomic E-state index is 12.9. The molecule has 31 heavy (non-hydrogen) atoms. The van der Waals surface area contributed by atoms with E-state index in [0.717, 1.165) is 16.3 Å². The van der Waals surface area contributed by atoms with Crippen molar-refractivity contribution in [1.82, 2.24) is 4.90 Å². The molecule has 0 spiro atoms. The third kappa shape index (κ3) is 4.49. The van der Waals surface area contributed by atoms with Gasteiger partial charge in [-0.2, -0.15) is 5.10 Å². The maximum absolute atomic E-state index is 12.9. The van der Waals surface area contributed by atoms with E-state index in [1.807, 2.05) is 49.4 Å². The molecule has 0 unspecified atom stereocenters. The second-order valence-electron chi connectivity index (χ2n) is 7.06. The van der Waals surface area contributed by atoms with Gasteiger partial charge in [0, 0.05) is 17.7 Å². The first-order valence-electron chi connectivity index (χ1n) is 9.87. The minimum Gasteiger partial charge on any atom is -0.284 e. The predicted octanol–water partition coefficient (Wildman–Crippen LogP) is 4.99. The highest BCUT2D eigenvalue weighted by Crippen LogP contribution is 2.32. The quantitative estimate of drug-likeness (QED) is 0.312. The van der Waals surface area contributed by atoms with Gasteiger partial charge in [-0.3, -0.25) is 19.8 Å². The van der Waals surface area contributed by atoms with Gasteiger partial charge in [-0.05, 0) is 22.8 Å². The molecule has 8 heteroatoms. The van der Waals surface area contributed by atoms with Crippen molar-refractivity contribution >= 4 is 45.5 Å². The molecule has 0 bridgehead atoms. The second kappa shape index (κ2) is 9.09. The van der Waals surface area contributed by atoms with Crippen molar-refractivity contribution in [3.8, 4) is 0 Å². The van der Waals surface area contributed by atoms with E-state index >= 15 is 0 Å². The van der Waals surface area contributed by atoms with Crippen molar-refractivity contribution in [2.75, 3.05) is 0 Å². The first-order chi connectivity index (χ1) is 15.1. The Bertz CT molecular complexity index is 1200. The molecule has 1 fully saturated rings. The molecule has 7 nitrogen and oxygen atoms in total. The normalized spacial score (nSPS) is 17.8. The predicted molar refractivity (Wildman–Crippen MR) is 124 cm³/mol. The summed E-state index contributed by atoms with van der Waals surface area (Å²) >= 11 is 1.40. The number of amidine groups is 1. The summed E-state index contributed by atoms with van der Waals surface area (Å²) in [5.41, 5.74) is 1.60. The second-order valence-corrected chi connectivity index (χ2v) is 8.23. The van der Waals surface area contributed by atoms with Crippen molar-refractivity contribution in [3.63, 3.8) is 0 Å². The van der Waals surface area contributed by atoms with Crippen LogP contribution in [0.4, 0.5) is 5.69 Å². The molecule has 1 aliphatic rings. The number of fused-ring (bicyclic) bond motifs is 1. The summed E-state index contributed by atoms with van der Waals surface area (Å²) in [6, 6.07) is 20.3. The van der Waals surface area contributed by atoms with Gasteiger partial charge >= 0.3 is 0 Å². The Balaban J connectivity index is 1.61. The van der Waals surface area contributed by atoms with Crippen molar-refractivity contribution in [2.45, 2.75) is 25.1 Å². The number of nitrogens with zero attached hydrogens (tertiary/aromatic N) is 4. The number of hydrogen-bond acceptors (Lipinski definition) is 6. The van der Waals surface area contributed by atoms with Gasteiger partial charge in [-0.25, -0.2) is 0 Å². The molecule has 3 aromatic rings. The molecule has 1 saturated heterocycles. The van der Waals surface area contributed by atoms with Crippen LogP contribution in [-0.2, 0) is 11.3 Å². The van der Waals surface area contributed by atoms with Crippen molar-refractivity contribution in [2.24, 2.45) is 10.2 Å². The largest absolute Gasteiger partial charge is 0.284 e. The van der Waals surface area contributed by atoms with E-state index in [4.69, 9.17) is 0 Å². The molecular weight excluding hydrogens is 412 g/mol. The molecule has 156 valence electrons. The smallest absolute Gasteiger partial charge is 0.270 e. The van der Waals surface area contributed by atoms with Crippen LogP contribution < -0.4 is 0 Å². The van der Waals surface area contributed by atoms with E-state index < -0.39 is 4.92 Å². The summed E-state index contributed by atoms with van der Waals surface area (Å²) in [6.07, 6.45) is 2.16. The number of nitro groups is 1. The van der Waals surface area contributed by atoms with Crippen molar-refractivity contribution in [3.05, 3.63) is 88.0 Å². The standard InChI is InChI=1S/C23H20N4O3S/c1-2-21-22(28)26(15-18-10-6-9-17-8-3-4-12-20(17)18)23(31-21)25-24-14-16-7-5-11-19(13-16)27(29)30/h3-14,21H,2,15H2,1H3/b24-14-,25-23+/t21-/m1/s1. The number of rotatable bonds is 6. The Kier molecular flexibility index (Phi) is 6.08. The number of benzene rings is 3. The molecule has 0 radical (unpaired) electrons. The number of carbonyl (C=O) groups excluding carboxylic acids is 1. The lowest BCUT2D eigenvalue weighted by Gasteiger charge is -2.17. The zero-order chi connectivity index (χ0) is 21.8. The van der Waals surface area contributed by atoms with E-state index in [1.54, 1.807) is 17.0 Å². The topological polar surface area (TPSA) is 88.2 Å². The average Bonchev–Trinajstić information content (AvgIpc) is 3.09. The Morgan fingerprint density at radius 3 is 2.71 bits per heavy atom. The van der Waals surface area contributed by atoms with Gasteiger partial charge in [-0.1, -0.05) is 73.3 Å². The fourth-order valence-electron chi connectivity index (χ4n) is 3.45. The highest BCUT2D eigenvalue weighted by molar-refractivity contribution is 8.15. The van der Waals surface area contributed by atoms with Crippen LogP contribution in [0.2, 0.25) is 0 Å². The summed E-state index contributed by atoms with van der Waals surface area (Å²) in [4.78, 5) is 25.1. The fourth-order valence-corrected chi connectivity index (χ4v) is 4.48. The van der Waals surface area contributed by atoms with Crippen LogP contribution in [0.25, 0.3) is 10.8 Å². The number of nitro benzene ring substituents is 1. The zero-order valence-corrected chi connectivity index (χ0v) is 17.7. The molecule has 1 aliphatic heterocycles. The lowest BCUT2D eigenvalue weighted by atomic mass is 10.0. The molecule has 4 rings (SSSR count). The fraction of sp³-hybridized carbons (Fsp3) is 0.174. The van der Waals surface area contributed by atoms with Crippen molar-refractivity contribution in [1.29, 1.82) is 0 Å². The lowest BCUT2D eigenvalue weighted by molar-refractivity contribution is -0.384. The molecule has 1 amide bonds. The molecular formula is C23H20N4O3S. The first-order valence-corrected chi connectivity index (χ1v) is 10.7. The Hall–Kier alpha value is -3.52. The Morgan fingerprint density at radius 1 is 1.13 bits per heavy atom. The van der Waals surface area contributed by atoms with E-state index in [0.29, 0.717) is 23.7 Å². The van der Waals surface area contributed by atoms with Crippen LogP contribution in [-0.4, -0.2) is 32.4 Å². The van der Waals surface area contributed by atoms with Crippen LogP contribution in [0.1, 0.15) is 24.5 Å². The Labute approximate surface area is 183 Å². The van der Waals surface area contributed by atoms with Crippen LogP contribution in [0, 0.1) is 10.1 Å². The molecule has 1 atom stereocenters. The third-order valence-electron chi connectivity index (χ3n) is 5.03. The summed E-state index contributed by atoms with van der Waals surface area (Å²) in [6.45, 7) is 2.38. The number of non-ortho nitro benzene ring substituents is 1. The van der Waals surface area contributed by atoms with Gasteiger partial charge in [0.25, 0.3) is 5.69 Å². The average molecular weight is 433 g/mol. The third-order valence-corrected chi connectivity index (χ3v) is 6.36. The van der Waals surface area contributed by atoms with E-state index in [2.05, 4.69) is 10.2 Å². The molecule has 0 N–H and O–H groups in total. The molecule has 3 aromatic carbocycles. The first kappa shape index (κ1) is 20.7. The van der Waals surface area contributed by atoms with Gasteiger partial charge in [-0.15, -0.1) is 5.10 Å². The zero-order valence-electron chi connectivity index (χ0n) is 16.8. The molecule has 0 saturated carbocycles. The summed E-state index contributed by atoms with van der Waals surface area (Å²) in [5.74, 6) is 0.0183. The summed E-state index contributed by atoms with van der Waals surface area (Å²) in [5, 5.41) is 21.9. The summed E-state index contributed by atoms with van der Waals surface area (Å²) in [7, 11) is 0. The monoisotopic (exact) mass is 432 g/mol. The van der Waals surface area contributed by atoms with E-state index in [1.165, 1.54) is 30.1 Å².